The molecule has 31 heavy (non-hydrogen) atoms. The summed E-state index contributed by atoms with van der Waals surface area (Å²) in [6, 6.07) is 9.95. The number of carboxylic acid groups (broad SMARTS) is 1. The zero-order valence-electron chi connectivity index (χ0n) is 18.3. The van der Waals surface area contributed by atoms with Gasteiger partial charge in [-0.3, -0.25) is 9.59 Å². The molecule has 8 nitrogen and oxygen atoms in total. The van der Waals surface area contributed by atoms with Crippen LogP contribution in [0.15, 0.2) is 36.4 Å². The number of ether oxygens (including phenoxy) is 4. The summed E-state index contributed by atoms with van der Waals surface area (Å²) in [6.07, 6.45) is 2.72. The number of hydrogen-bond acceptors (Lipinski definition) is 6. The first-order valence-corrected chi connectivity index (χ1v) is 10.0. The van der Waals surface area contributed by atoms with E-state index in [9.17, 15) is 14.7 Å². The van der Waals surface area contributed by atoms with E-state index in [-0.39, 0.29) is 6.42 Å². The number of carboxylic acids is 1. The van der Waals surface area contributed by atoms with Gasteiger partial charge in [-0.1, -0.05) is 26.2 Å². The molecule has 0 aromatic heterocycles. The molecule has 1 amide bonds. The number of aliphatic carboxylic acids is 1. The summed E-state index contributed by atoms with van der Waals surface area (Å²) in [5, 5.41) is 12.2. The first-order valence-electron chi connectivity index (χ1n) is 10.0. The second kappa shape index (κ2) is 11.7. The molecule has 0 radical (unpaired) electrons. The molecular formula is C23H29NO7. The Bertz CT molecular complexity index is 897. The van der Waals surface area contributed by atoms with Gasteiger partial charge in [0, 0.05) is 12.1 Å². The standard InChI is InChI=1S/C23H29NO7/c1-5-6-7-8-17(23(26)27)22(25)24-18-13-15(28-2)9-11-19(18)31-20-12-10-16(29-3)14-21(20)30-4/h9-14,17H,5-8H2,1-4H3,(H,24,25)(H,26,27). The molecule has 8 heteroatoms. The maximum Gasteiger partial charge on any atom is 0.316 e. The van der Waals surface area contributed by atoms with E-state index in [2.05, 4.69) is 5.32 Å². The molecule has 0 fully saturated rings. The van der Waals surface area contributed by atoms with E-state index in [4.69, 9.17) is 18.9 Å². The second-order valence-electron chi connectivity index (χ2n) is 6.86. The van der Waals surface area contributed by atoms with Crippen LogP contribution in [0.4, 0.5) is 5.69 Å². The first kappa shape index (κ1) is 23.9. The van der Waals surface area contributed by atoms with Gasteiger partial charge in [-0.25, -0.2) is 0 Å². The summed E-state index contributed by atoms with van der Waals surface area (Å²) < 4.78 is 21.8. The molecule has 0 heterocycles. The number of carbonyl (C=O) groups excluding carboxylic acids is 1. The number of carbonyl (C=O) groups is 2. The second-order valence-corrected chi connectivity index (χ2v) is 6.86. The van der Waals surface area contributed by atoms with Gasteiger partial charge >= 0.3 is 5.97 Å². The van der Waals surface area contributed by atoms with Crippen LogP contribution in [0.5, 0.6) is 28.7 Å². The van der Waals surface area contributed by atoms with Gasteiger partial charge in [0.1, 0.15) is 17.4 Å². The molecule has 0 aliphatic carbocycles. The fourth-order valence-corrected chi connectivity index (χ4v) is 2.99. The molecule has 0 aliphatic rings. The number of methoxy groups -OCH3 is 3. The summed E-state index contributed by atoms with van der Waals surface area (Å²) >= 11 is 0. The van der Waals surface area contributed by atoms with Crippen molar-refractivity contribution in [3.63, 3.8) is 0 Å². The average molecular weight is 431 g/mol. The van der Waals surface area contributed by atoms with Crippen molar-refractivity contribution in [1.29, 1.82) is 0 Å². The van der Waals surface area contributed by atoms with Crippen LogP contribution < -0.4 is 24.3 Å². The van der Waals surface area contributed by atoms with Gasteiger partial charge in [0.2, 0.25) is 5.91 Å². The highest BCUT2D eigenvalue weighted by atomic mass is 16.5. The third kappa shape index (κ3) is 6.53. The summed E-state index contributed by atoms with van der Waals surface area (Å²) in [4.78, 5) is 24.4. The number of anilines is 1. The lowest BCUT2D eigenvalue weighted by atomic mass is 10.0. The molecule has 1 atom stereocenters. The van der Waals surface area contributed by atoms with Crippen LogP contribution in [-0.2, 0) is 9.59 Å². The molecule has 168 valence electrons. The third-order valence-electron chi connectivity index (χ3n) is 4.75. The van der Waals surface area contributed by atoms with E-state index in [1.165, 1.54) is 14.2 Å². The molecule has 0 bridgehead atoms. The average Bonchev–Trinajstić information content (AvgIpc) is 2.77. The van der Waals surface area contributed by atoms with Crippen LogP contribution in [0.2, 0.25) is 0 Å². The highest BCUT2D eigenvalue weighted by Gasteiger charge is 2.27. The van der Waals surface area contributed by atoms with Crippen LogP contribution in [0.1, 0.15) is 32.6 Å². The van der Waals surface area contributed by atoms with Crippen molar-refractivity contribution in [2.24, 2.45) is 5.92 Å². The molecule has 2 aromatic rings. The first-order chi connectivity index (χ1) is 14.9. The summed E-state index contributed by atoms with van der Waals surface area (Å²) in [7, 11) is 4.55. The Labute approximate surface area is 182 Å². The molecule has 0 aliphatic heterocycles. The topological polar surface area (TPSA) is 103 Å². The Morgan fingerprint density at radius 3 is 2.13 bits per heavy atom. The highest BCUT2D eigenvalue weighted by Crippen LogP contribution is 2.39. The molecule has 2 N–H and O–H groups in total. The maximum absolute atomic E-state index is 12.7. The lowest BCUT2D eigenvalue weighted by molar-refractivity contribution is -0.145. The van der Waals surface area contributed by atoms with Crippen molar-refractivity contribution < 1.29 is 33.6 Å². The minimum atomic E-state index is -1.16. The Morgan fingerprint density at radius 1 is 0.903 bits per heavy atom. The Morgan fingerprint density at radius 2 is 1.55 bits per heavy atom. The van der Waals surface area contributed by atoms with Crippen LogP contribution in [0, 0.1) is 5.92 Å². The van der Waals surface area contributed by atoms with Gasteiger partial charge in [-0.2, -0.15) is 0 Å². The van der Waals surface area contributed by atoms with Gasteiger partial charge in [-0.05, 0) is 30.7 Å². The molecule has 2 rings (SSSR count). The summed E-state index contributed by atoms with van der Waals surface area (Å²) in [5.74, 6) is -0.668. The van der Waals surface area contributed by atoms with Crippen molar-refractivity contribution in [2.75, 3.05) is 26.6 Å². The third-order valence-corrected chi connectivity index (χ3v) is 4.75. The number of unbranched alkanes of at least 4 members (excludes halogenated alkanes) is 2. The van der Waals surface area contributed by atoms with Gasteiger partial charge in [0.25, 0.3) is 0 Å². The van der Waals surface area contributed by atoms with Crippen molar-refractivity contribution in [1.82, 2.24) is 0 Å². The van der Waals surface area contributed by atoms with Gasteiger partial charge in [-0.15, -0.1) is 0 Å². The quantitative estimate of drug-likeness (QED) is 0.370. The molecule has 2 aromatic carbocycles. The van der Waals surface area contributed by atoms with Crippen LogP contribution in [-0.4, -0.2) is 38.3 Å². The van der Waals surface area contributed by atoms with Gasteiger partial charge in [0.15, 0.2) is 17.2 Å². The minimum absolute atomic E-state index is 0.265. The van der Waals surface area contributed by atoms with Crippen molar-refractivity contribution in [3.05, 3.63) is 36.4 Å². The molecule has 0 saturated carbocycles. The maximum atomic E-state index is 12.7. The summed E-state index contributed by atoms with van der Waals surface area (Å²) in [5.41, 5.74) is 0.295. The number of rotatable bonds is 12. The van der Waals surface area contributed by atoms with E-state index in [0.29, 0.717) is 40.9 Å². The van der Waals surface area contributed by atoms with E-state index in [0.717, 1.165) is 12.8 Å². The molecular weight excluding hydrogens is 402 g/mol. The fourth-order valence-electron chi connectivity index (χ4n) is 2.99. The van der Waals surface area contributed by atoms with Gasteiger partial charge < -0.3 is 29.4 Å². The largest absolute Gasteiger partial charge is 0.497 e. The Kier molecular flexibility index (Phi) is 8.99. The van der Waals surface area contributed by atoms with Crippen molar-refractivity contribution in [3.8, 4) is 28.7 Å². The monoisotopic (exact) mass is 431 g/mol. The zero-order chi connectivity index (χ0) is 22.8. The predicted octanol–water partition coefficient (Wildman–Crippen LogP) is 4.72. The lowest BCUT2D eigenvalue weighted by Gasteiger charge is -2.17. The van der Waals surface area contributed by atoms with E-state index in [1.54, 1.807) is 43.5 Å². The highest BCUT2D eigenvalue weighted by molar-refractivity contribution is 6.04. The van der Waals surface area contributed by atoms with Crippen LogP contribution in [0.3, 0.4) is 0 Å². The van der Waals surface area contributed by atoms with Gasteiger partial charge in [0.05, 0.1) is 27.0 Å². The minimum Gasteiger partial charge on any atom is -0.497 e. The number of nitrogens with one attached hydrogen (secondary N) is 1. The van der Waals surface area contributed by atoms with Crippen LogP contribution >= 0.6 is 0 Å². The molecule has 0 saturated heterocycles. The van der Waals surface area contributed by atoms with Crippen molar-refractivity contribution in [2.45, 2.75) is 32.6 Å². The van der Waals surface area contributed by atoms with Crippen LogP contribution in [0.25, 0.3) is 0 Å². The Balaban J connectivity index is 2.31. The number of hydrogen-bond donors (Lipinski definition) is 2. The van der Waals surface area contributed by atoms with Crippen molar-refractivity contribution >= 4 is 17.6 Å². The smallest absolute Gasteiger partial charge is 0.316 e. The number of benzene rings is 2. The summed E-state index contributed by atoms with van der Waals surface area (Å²) in [6.45, 7) is 2.02. The molecule has 0 spiro atoms. The Hall–Kier alpha value is -3.42. The van der Waals surface area contributed by atoms with E-state index >= 15 is 0 Å². The SMILES string of the molecule is CCCCCC(C(=O)O)C(=O)Nc1cc(OC)ccc1Oc1ccc(OC)cc1OC. The zero-order valence-corrected chi connectivity index (χ0v) is 18.3. The predicted molar refractivity (Wildman–Crippen MR) is 117 cm³/mol. The molecule has 1 unspecified atom stereocenters. The van der Waals surface area contributed by atoms with E-state index in [1.807, 2.05) is 6.92 Å². The normalized spacial score (nSPS) is 11.4. The number of amides is 1. The fraction of sp³-hybridized carbons (Fsp3) is 0.391. The van der Waals surface area contributed by atoms with E-state index < -0.39 is 17.8 Å². The lowest BCUT2D eigenvalue weighted by Crippen LogP contribution is -2.29.